The molecule has 0 saturated carbocycles. The van der Waals surface area contributed by atoms with Crippen LogP contribution in [-0.4, -0.2) is 5.11 Å². The van der Waals surface area contributed by atoms with Gasteiger partial charge in [0.2, 0.25) is 11.4 Å². The van der Waals surface area contributed by atoms with E-state index in [9.17, 15) is 5.11 Å². The second-order valence-electron chi connectivity index (χ2n) is 4.78. The van der Waals surface area contributed by atoms with Crippen LogP contribution in [0, 0.1) is 0 Å². The third-order valence-electron chi connectivity index (χ3n) is 3.01. The topological polar surface area (TPSA) is 20.2 Å². The molecule has 0 spiro atoms. The number of halogens is 9. The van der Waals surface area contributed by atoms with Crippen LogP contribution in [0.5, 0.6) is 0 Å². The van der Waals surface area contributed by atoms with E-state index in [2.05, 4.69) is 0 Å². The fourth-order valence-electron chi connectivity index (χ4n) is 2.06. The van der Waals surface area contributed by atoms with E-state index in [-0.39, 0.29) is 22.3 Å². The summed E-state index contributed by atoms with van der Waals surface area (Å²) in [5.41, 5.74) is 0.532. The molecule has 0 heterocycles. The molecule has 23 heavy (non-hydrogen) atoms. The molecular formula is C13H11Cl9O. The summed E-state index contributed by atoms with van der Waals surface area (Å²) >= 11 is 53.8. The molecule has 0 aliphatic heterocycles. The summed E-state index contributed by atoms with van der Waals surface area (Å²) in [6.07, 6.45) is 0.0151. The zero-order chi connectivity index (χ0) is 18.2. The molecule has 1 aromatic carbocycles. The minimum absolute atomic E-state index is 0.0913. The van der Waals surface area contributed by atoms with Gasteiger partial charge in [0.05, 0.1) is 6.10 Å². The number of aliphatic hydroxyl groups excluding tert-OH is 1. The Morgan fingerprint density at radius 3 is 1.48 bits per heavy atom. The minimum Gasteiger partial charge on any atom is -0.388 e. The Morgan fingerprint density at radius 2 is 1.22 bits per heavy atom. The van der Waals surface area contributed by atoms with E-state index in [0.717, 1.165) is 0 Å². The van der Waals surface area contributed by atoms with Crippen LogP contribution < -0.4 is 0 Å². The van der Waals surface area contributed by atoms with Gasteiger partial charge in [-0.1, -0.05) is 118 Å². The zero-order valence-electron chi connectivity index (χ0n) is 11.5. The number of hydrogen-bond acceptors (Lipinski definition) is 1. The second-order valence-corrected chi connectivity index (χ2v) is 11.6. The summed E-state index contributed by atoms with van der Waals surface area (Å²) in [6.45, 7) is 1.88. The summed E-state index contributed by atoms with van der Waals surface area (Å²) in [6, 6.07) is 2.74. The minimum atomic E-state index is -1.92. The van der Waals surface area contributed by atoms with E-state index in [1.807, 2.05) is 6.92 Å². The molecule has 1 N–H and O–H groups in total. The number of hydrogen-bond donors (Lipinski definition) is 1. The van der Waals surface area contributed by atoms with Crippen molar-refractivity contribution in [3.8, 4) is 0 Å². The standard InChI is InChI=1S/C13H11Cl9O/c1-2-3-9(23)10-7(12(17,18)19)4-6(11(14,15)16)5-8(10)13(20,21)22/h4-5,9,23H,2-3H2,1H3. The van der Waals surface area contributed by atoms with Crippen LogP contribution in [0.15, 0.2) is 12.1 Å². The molecule has 1 aromatic rings. The molecule has 0 fully saturated rings. The van der Waals surface area contributed by atoms with Crippen LogP contribution >= 0.6 is 104 Å². The molecule has 10 heteroatoms. The number of alkyl halides is 9. The van der Waals surface area contributed by atoms with Crippen molar-refractivity contribution >= 4 is 104 Å². The zero-order valence-corrected chi connectivity index (χ0v) is 18.3. The maximum Gasteiger partial charge on any atom is 0.216 e. The molecular weight excluding hydrogens is 491 g/mol. The first-order valence-corrected chi connectivity index (χ1v) is 9.67. The predicted molar refractivity (Wildman–Crippen MR) is 104 cm³/mol. The Balaban J connectivity index is 3.82. The summed E-state index contributed by atoms with van der Waals surface area (Å²) in [4.78, 5) is 0. The highest BCUT2D eigenvalue weighted by molar-refractivity contribution is 6.68. The molecule has 1 unspecified atom stereocenters. The van der Waals surface area contributed by atoms with Crippen molar-refractivity contribution < 1.29 is 5.11 Å². The molecule has 0 amide bonds. The van der Waals surface area contributed by atoms with Gasteiger partial charge in [-0.2, -0.15) is 0 Å². The van der Waals surface area contributed by atoms with Crippen molar-refractivity contribution in [1.29, 1.82) is 0 Å². The van der Waals surface area contributed by atoms with Gasteiger partial charge in [0.15, 0.2) is 0 Å². The van der Waals surface area contributed by atoms with E-state index < -0.39 is 17.5 Å². The van der Waals surface area contributed by atoms with E-state index in [1.54, 1.807) is 0 Å². The third-order valence-corrected chi connectivity index (χ3v) is 4.89. The number of rotatable bonds is 3. The van der Waals surface area contributed by atoms with Crippen LogP contribution in [0.25, 0.3) is 0 Å². The molecule has 0 aliphatic rings. The van der Waals surface area contributed by atoms with Crippen molar-refractivity contribution in [3.63, 3.8) is 0 Å². The number of benzene rings is 1. The largest absolute Gasteiger partial charge is 0.388 e. The fourth-order valence-corrected chi connectivity index (χ4v) is 3.33. The lowest BCUT2D eigenvalue weighted by molar-refractivity contribution is 0.164. The molecule has 0 aliphatic carbocycles. The van der Waals surface area contributed by atoms with E-state index >= 15 is 0 Å². The van der Waals surface area contributed by atoms with Gasteiger partial charge in [-0.3, -0.25) is 0 Å². The first-order valence-electron chi connectivity index (χ1n) is 6.27. The monoisotopic (exact) mass is 498 g/mol. The van der Waals surface area contributed by atoms with Crippen LogP contribution in [0.1, 0.15) is 48.1 Å². The molecule has 1 rings (SSSR count). The van der Waals surface area contributed by atoms with Crippen LogP contribution in [-0.2, 0) is 11.4 Å². The van der Waals surface area contributed by atoms with Crippen molar-refractivity contribution in [2.24, 2.45) is 0 Å². The van der Waals surface area contributed by atoms with E-state index in [1.165, 1.54) is 12.1 Å². The van der Waals surface area contributed by atoms with Crippen molar-refractivity contribution in [3.05, 3.63) is 34.4 Å². The summed E-state index contributed by atoms with van der Waals surface area (Å²) in [5, 5.41) is 10.5. The molecule has 0 radical (unpaired) electrons. The molecule has 0 saturated heterocycles. The highest BCUT2D eigenvalue weighted by atomic mass is 35.6. The lowest BCUT2D eigenvalue weighted by atomic mass is 9.93. The average molecular weight is 502 g/mol. The summed E-state index contributed by atoms with van der Waals surface area (Å²) < 4.78 is -5.66. The van der Waals surface area contributed by atoms with E-state index in [4.69, 9.17) is 104 Å². The SMILES string of the molecule is CCCC(O)c1c(C(Cl)(Cl)Cl)cc(C(Cl)(Cl)Cl)cc1C(Cl)(Cl)Cl. The highest BCUT2D eigenvalue weighted by Gasteiger charge is 2.39. The Hall–Kier alpha value is 1.79. The van der Waals surface area contributed by atoms with Crippen LogP contribution in [0.4, 0.5) is 0 Å². The average Bonchev–Trinajstić information content (AvgIpc) is 2.34. The molecule has 1 atom stereocenters. The maximum atomic E-state index is 10.5. The van der Waals surface area contributed by atoms with Gasteiger partial charge < -0.3 is 5.11 Å². The normalized spacial score (nSPS) is 14.9. The molecule has 0 bridgehead atoms. The lowest BCUT2D eigenvalue weighted by Crippen LogP contribution is -2.19. The van der Waals surface area contributed by atoms with Crippen molar-refractivity contribution in [2.45, 2.75) is 37.2 Å². The second kappa shape index (κ2) is 8.21. The Kier molecular flexibility index (Phi) is 8.15. The van der Waals surface area contributed by atoms with Gasteiger partial charge in [0, 0.05) is 16.7 Å². The van der Waals surface area contributed by atoms with Gasteiger partial charge in [-0.15, -0.1) is 0 Å². The Morgan fingerprint density at radius 1 is 0.826 bits per heavy atom. The molecule has 132 valence electrons. The van der Waals surface area contributed by atoms with Gasteiger partial charge in [-0.05, 0) is 24.1 Å². The van der Waals surface area contributed by atoms with E-state index in [0.29, 0.717) is 12.8 Å². The smallest absolute Gasteiger partial charge is 0.216 e. The highest BCUT2D eigenvalue weighted by Crippen LogP contribution is 2.52. The Labute approximate surface area is 180 Å². The fraction of sp³-hybridized carbons (Fsp3) is 0.538. The molecule has 1 nitrogen and oxygen atoms in total. The maximum absolute atomic E-state index is 10.5. The summed E-state index contributed by atoms with van der Waals surface area (Å²) in [5.74, 6) is 0. The summed E-state index contributed by atoms with van der Waals surface area (Å²) in [7, 11) is 0. The van der Waals surface area contributed by atoms with Gasteiger partial charge in [0.25, 0.3) is 0 Å². The van der Waals surface area contributed by atoms with Gasteiger partial charge in [-0.25, -0.2) is 0 Å². The van der Waals surface area contributed by atoms with Gasteiger partial charge in [0.1, 0.15) is 0 Å². The van der Waals surface area contributed by atoms with Gasteiger partial charge >= 0.3 is 0 Å². The lowest BCUT2D eigenvalue weighted by Gasteiger charge is -2.28. The third kappa shape index (κ3) is 6.17. The molecule has 0 aromatic heterocycles. The Bertz CT molecular complexity index is 519. The predicted octanol–water partition coefficient (Wildman–Crippen LogP) is 8.00. The van der Waals surface area contributed by atoms with Crippen LogP contribution in [0.2, 0.25) is 0 Å². The first-order chi connectivity index (χ1) is 10.2. The van der Waals surface area contributed by atoms with Crippen LogP contribution in [0.3, 0.4) is 0 Å². The number of aliphatic hydroxyl groups is 1. The van der Waals surface area contributed by atoms with Crippen molar-refractivity contribution in [2.75, 3.05) is 0 Å². The van der Waals surface area contributed by atoms with Crippen molar-refractivity contribution in [1.82, 2.24) is 0 Å². The quantitative estimate of drug-likeness (QED) is 0.416. The first kappa shape index (κ1) is 22.8.